The number of rotatable bonds is 7. The minimum absolute atomic E-state index is 0.475. The van der Waals surface area contributed by atoms with Gasteiger partial charge in [0, 0.05) is 38.0 Å². The minimum Gasteiger partial charge on any atom is -0.361 e. The molecule has 1 radical (unpaired) electrons. The Morgan fingerprint density at radius 1 is 1.17 bits per heavy atom. The predicted molar refractivity (Wildman–Crippen MR) is 119 cm³/mol. The van der Waals surface area contributed by atoms with E-state index in [0.717, 1.165) is 41.7 Å². The SMILES string of the molecule is [CH2]C1CCC(n2cc(-c3ncnc4c3ccn4COCC[Si](C)(C)C)cn2)CC1. The highest BCUT2D eigenvalue weighted by molar-refractivity contribution is 6.76. The zero-order chi connectivity index (χ0) is 20.4. The van der Waals surface area contributed by atoms with Gasteiger partial charge in [0.1, 0.15) is 18.7 Å². The largest absolute Gasteiger partial charge is 0.361 e. The van der Waals surface area contributed by atoms with Gasteiger partial charge in [-0.05, 0) is 43.7 Å². The summed E-state index contributed by atoms with van der Waals surface area (Å²) in [6.07, 6.45) is 12.4. The number of ether oxygens (including phenoxy) is 1. The number of aromatic nitrogens is 5. The van der Waals surface area contributed by atoms with Crippen LogP contribution in [-0.4, -0.2) is 39.0 Å². The van der Waals surface area contributed by atoms with Gasteiger partial charge in [0.2, 0.25) is 0 Å². The second kappa shape index (κ2) is 8.40. The van der Waals surface area contributed by atoms with Crippen molar-refractivity contribution >= 4 is 19.1 Å². The number of hydrogen-bond donors (Lipinski definition) is 0. The lowest BCUT2D eigenvalue weighted by Crippen LogP contribution is -2.22. The molecular formula is C22H32N5OSi. The molecule has 0 aliphatic heterocycles. The maximum Gasteiger partial charge on any atom is 0.145 e. The molecule has 1 aliphatic carbocycles. The van der Waals surface area contributed by atoms with Gasteiger partial charge in [0.25, 0.3) is 0 Å². The van der Waals surface area contributed by atoms with Gasteiger partial charge in [-0.15, -0.1) is 0 Å². The highest BCUT2D eigenvalue weighted by Crippen LogP contribution is 2.33. The minimum atomic E-state index is -1.07. The van der Waals surface area contributed by atoms with Crippen LogP contribution in [0.3, 0.4) is 0 Å². The number of hydrogen-bond acceptors (Lipinski definition) is 4. The fourth-order valence-corrected chi connectivity index (χ4v) is 4.71. The Labute approximate surface area is 174 Å². The van der Waals surface area contributed by atoms with Crippen molar-refractivity contribution in [3.63, 3.8) is 0 Å². The summed E-state index contributed by atoms with van der Waals surface area (Å²) in [5, 5.41) is 5.69. The van der Waals surface area contributed by atoms with Gasteiger partial charge in [-0.3, -0.25) is 4.68 Å². The molecule has 0 amide bonds. The van der Waals surface area contributed by atoms with Crippen LogP contribution in [0.15, 0.2) is 31.0 Å². The third-order valence-electron chi connectivity index (χ3n) is 5.85. The van der Waals surface area contributed by atoms with Crippen LogP contribution in [0.4, 0.5) is 0 Å². The van der Waals surface area contributed by atoms with E-state index in [1.807, 2.05) is 12.4 Å². The van der Waals surface area contributed by atoms with Crippen LogP contribution in [-0.2, 0) is 11.5 Å². The first kappa shape index (κ1) is 20.3. The molecule has 1 fully saturated rings. The quantitative estimate of drug-likeness (QED) is 0.398. The normalized spacial score (nSPS) is 20.4. The molecular weight excluding hydrogens is 378 g/mol. The summed E-state index contributed by atoms with van der Waals surface area (Å²) in [7, 11) is -1.07. The van der Waals surface area contributed by atoms with Crippen LogP contribution < -0.4 is 0 Å². The predicted octanol–water partition coefficient (Wildman–Crippen LogP) is 5.17. The molecule has 0 saturated heterocycles. The van der Waals surface area contributed by atoms with Gasteiger partial charge < -0.3 is 9.30 Å². The molecule has 1 saturated carbocycles. The number of nitrogens with zero attached hydrogens (tertiary/aromatic N) is 5. The molecule has 3 aromatic heterocycles. The maximum atomic E-state index is 5.92. The van der Waals surface area contributed by atoms with E-state index in [0.29, 0.717) is 18.7 Å². The van der Waals surface area contributed by atoms with Crippen molar-refractivity contribution in [3.8, 4) is 11.3 Å². The first-order valence-corrected chi connectivity index (χ1v) is 14.4. The summed E-state index contributed by atoms with van der Waals surface area (Å²) < 4.78 is 10.1. The van der Waals surface area contributed by atoms with Crippen molar-refractivity contribution in [2.24, 2.45) is 5.92 Å². The van der Waals surface area contributed by atoms with E-state index in [1.165, 1.54) is 18.9 Å². The lowest BCUT2D eigenvalue weighted by atomic mass is 9.87. The molecule has 3 heterocycles. The second-order valence-corrected chi connectivity index (χ2v) is 15.1. The molecule has 0 atom stereocenters. The van der Waals surface area contributed by atoms with Gasteiger partial charge in [0.05, 0.1) is 17.9 Å². The summed E-state index contributed by atoms with van der Waals surface area (Å²) in [6.45, 7) is 12.6. The van der Waals surface area contributed by atoms with Crippen LogP contribution in [0.25, 0.3) is 22.3 Å². The Kier molecular flexibility index (Phi) is 5.87. The standard InChI is InChI=1S/C22H32N5OSi/c1-17-5-7-19(8-6-17)27-14-18(13-25-27)21-20-9-10-26(22(20)24-15-23-21)16-28-11-12-29(2,3)4/h9-10,13-15,17,19H,1,5-8,11-12,16H2,2-4H3. The molecule has 1 aliphatic rings. The third-order valence-corrected chi connectivity index (χ3v) is 7.55. The Morgan fingerprint density at radius 3 is 2.72 bits per heavy atom. The molecule has 155 valence electrons. The molecule has 4 rings (SSSR count). The van der Waals surface area contributed by atoms with Crippen molar-refractivity contribution in [1.82, 2.24) is 24.3 Å². The average molecular weight is 411 g/mol. The Hall–Kier alpha value is -1.99. The van der Waals surface area contributed by atoms with Crippen molar-refractivity contribution in [2.45, 2.75) is 64.1 Å². The van der Waals surface area contributed by atoms with E-state index >= 15 is 0 Å². The molecule has 6 nitrogen and oxygen atoms in total. The highest BCUT2D eigenvalue weighted by Gasteiger charge is 2.21. The highest BCUT2D eigenvalue weighted by atomic mass is 28.3. The molecule has 29 heavy (non-hydrogen) atoms. The van der Waals surface area contributed by atoms with Crippen LogP contribution in [0, 0.1) is 12.8 Å². The zero-order valence-electron chi connectivity index (χ0n) is 17.8. The average Bonchev–Trinajstić information content (AvgIpc) is 3.32. The van der Waals surface area contributed by atoms with E-state index in [2.05, 4.69) is 63.1 Å². The summed E-state index contributed by atoms with van der Waals surface area (Å²) in [5.74, 6) is 0.593. The summed E-state index contributed by atoms with van der Waals surface area (Å²) in [5.41, 5.74) is 2.90. The van der Waals surface area contributed by atoms with Crippen molar-refractivity contribution in [1.29, 1.82) is 0 Å². The van der Waals surface area contributed by atoms with E-state index in [1.54, 1.807) is 6.33 Å². The summed E-state index contributed by atoms with van der Waals surface area (Å²) in [6, 6.07) is 3.72. The fraction of sp³-hybridized carbons (Fsp3) is 0.545. The third kappa shape index (κ3) is 4.78. The van der Waals surface area contributed by atoms with E-state index in [-0.39, 0.29) is 0 Å². The van der Waals surface area contributed by atoms with Crippen LogP contribution >= 0.6 is 0 Å². The first-order valence-electron chi connectivity index (χ1n) is 10.7. The van der Waals surface area contributed by atoms with Crippen molar-refractivity contribution < 1.29 is 4.74 Å². The molecule has 0 N–H and O–H groups in total. The van der Waals surface area contributed by atoms with E-state index in [4.69, 9.17) is 4.74 Å². The van der Waals surface area contributed by atoms with Crippen LogP contribution in [0.1, 0.15) is 31.7 Å². The first-order chi connectivity index (χ1) is 13.9. The van der Waals surface area contributed by atoms with Gasteiger partial charge >= 0.3 is 0 Å². The summed E-state index contributed by atoms with van der Waals surface area (Å²) >= 11 is 0. The Morgan fingerprint density at radius 2 is 1.97 bits per heavy atom. The van der Waals surface area contributed by atoms with Gasteiger partial charge in [-0.1, -0.05) is 26.6 Å². The molecule has 7 heteroatoms. The lowest BCUT2D eigenvalue weighted by Gasteiger charge is -2.26. The maximum absolute atomic E-state index is 5.92. The fourth-order valence-electron chi connectivity index (χ4n) is 3.95. The van der Waals surface area contributed by atoms with E-state index < -0.39 is 8.07 Å². The number of fused-ring (bicyclic) bond motifs is 1. The Bertz CT molecular complexity index is 950. The summed E-state index contributed by atoms with van der Waals surface area (Å²) in [4.78, 5) is 9.07. The molecule has 3 aromatic rings. The van der Waals surface area contributed by atoms with Crippen molar-refractivity contribution in [2.75, 3.05) is 6.61 Å². The van der Waals surface area contributed by atoms with Gasteiger partial charge in [-0.2, -0.15) is 5.10 Å². The monoisotopic (exact) mass is 410 g/mol. The molecule has 0 spiro atoms. The topological polar surface area (TPSA) is 57.8 Å². The molecule has 0 unspecified atom stereocenters. The van der Waals surface area contributed by atoms with Crippen LogP contribution in [0.5, 0.6) is 0 Å². The molecule has 0 bridgehead atoms. The van der Waals surface area contributed by atoms with Crippen molar-refractivity contribution in [3.05, 3.63) is 37.9 Å². The molecule has 0 aromatic carbocycles. The Balaban J connectivity index is 1.50. The van der Waals surface area contributed by atoms with Gasteiger partial charge in [-0.25, -0.2) is 9.97 Å². The smallest absolute Gasteiger partial charge is 0.145 e. The van der Waals surface area contributed by atoms with Crippen LogP contribution in [0.2, 0.25) is 25.7 Å². The zero-order valence-corrected chi connectivity index (χ0v) is 18.8. The second-order valence-electron chi connectivity index (χ2n) is 9.48. The van der Waals surface area contributed by atoms with E-state index in [9.17, 15) is 0 Å². The lowest BCUT2D eigenvalue weighted by molar-refractivity contribution is 0.0899. The van der Waals surface area contributed by atoms with Gasteiger partial charge in [0.15, 0.2) is 0 Å².